The predicted molar refractivity (Wildman–Crippen MR) is 65.6 cm³/mol. The molecule has 1 aliphatic rings. The van der Waals surface area contributed by atoms with Crippen molar-refractivity contribution < 1.29 is 4.74 Å². The molecule has 1 saturated carbocycles. The molecule has 16 heavy (non-hydrogen) atoms. The van der Waals surface area contributed by atoms with Crippen LogP contribution in [0.2, 0.25) is 0 Å². The fourth-order valence-corrected chi connectivity index (χ4v) is 1.68. The second-order valence-corrected chi connectivity index (χ2v) is 4.29. The van der Waals surface area contributed by atoms with Gasteiger partial charge in [-0.05, 0) is 37.5 Å². The monoisotopic (exact) mass is 220 g/mol. The van der Waals surface area contributed by atoms with Crippen molar-refractivity contribution in [3.63, 3.8) is 0 Å². The molecular weight excluding hydrogens is 200 g/mol. The standard InChI is InChI=1S/C13H20N2O/c1-2-16-12-7-3-10(4-8-12)13(14)9-15-11-5-6-11/h3-4,7-8,11,13,15H,2,5-6,9,14H2,1H3. The van der Waals surface area contributed by atoms with Crippen LogP contribution in [0.1, 0.15) is 31.4 Å². The Morgan fingerprint density at radius 3 is 2.62 bits per heavy atom. The van der Waals surface area contributed by atoms with Gasteiger partial charge >= 0.3 is 0 Å². The van der Waals surface area contributed by atoms with Crippen LogP contribution in [-0.2, 0) is 0 Å². The lowest BCUT2D eigenvalue weighted by molar-refractivity contribution is 0.340. The van der Waals surface area contributed by atoms with Crippen molar-refractivity contribution in [2.24, 2.45) is 5.73 Å². The van der Waals surface area contributed by atoms with Gasteiger partial charge in [0.2, 0.25) is 0 Å². The number of ether oxygens (including phenoxy) is 1. The van der Waals surface area contributed by atoms with E-state index in [1.807, 2.05) is 31.2 Å². The SMILES string of the molecule is CCOc1ccc(C(N)CNC2CC2)cc1. The van der Waals surface area contributed by atoms with Crippen molar-refractivity contribution in [2.75, 3.05) is 13.2 Å². The summed E-state index contributed by atoms with van der Waals surface area (Å²) in [6, 6.07) is 8.85. The molecule has 3 N–H and O–H groups in total. The largest absolute Gasteiger partial charge is 0.494 e. The molecule has 1 unspecified atom stereocenters. The number of rotatable bonds is 6. The Balaban J connectivity index is 1.86. The molecular formula is C13H20N2O. The summed E-state index contributed by atoms with van der Waals surface area (Å²) in [4.78, 5) is 0. The van der Waals surface area contributed by atoms with Crippen LogP contribution in [0, 0.1) is 0 Å². The third kappa shape index (κ3) is 3.22. The van der Waals surface area contributed by atoms with Crippen LogP contribution >= 0.6 is 0 Å². The maximum absolute atomic E-state index is 6.09. The average molecular weight is 220 g/mol. The molecule has 1 aliphatic carbocycles. The summed E-state index contributed by atoms with van der Waals surface area (Å²) >= 11 is 0. The Morgan fingerprint density at radius 2 is 2.06 bits per heavy atom. The number of nitrogens with one attached hydrogen (secondary N) is 1. The molecule has 0 aliphatic heterocycles. The van der Waals surface area contributed by atoms with Gasteiger partial charge in [0.05, 0.1) is 6.61 Å². The molecule has 1 fully saturated rings. The van der Waals surface area contributed by atoms with Gasteiger partial charge in [-0.1, -0.05) is 12.1 Å². The molecule has 0 radical (unpaired) electrons. The zero-order chi connectivity index (χ0) is 11.4. The lowest BCUT2D eigenvalue weighted by Crippen LogP contribution is -2.28. The van der Waals surface area contributed by atoms with E-state index < -0.39 is 0 Å². The van der Waals surface area contributed by atoms with Gasteiger partial charge in [0.25, 0.3) is 0 Å². The highest BCUT2D eigenvalue weighted by atomic mass is 16.5. The maximum atomic E-state index is 6.09. The van der Waals surface area contributed by atoms with Crippen molar-refractivity contribution in [3.8, 4) is 5.75 Å². The van der Waals surface area contributed by atoms with E-state index in [-0.39, 0.29) is 6.04 Å². The molecule has 0 saturated heterocycles. The summed E-state index contributed by atoms with van der Waals surface area (Å²) in [5.41, 5.74) is 7.26. The van der Waals surface area contributed by atoms with Crippen LogP contribution in [0.5, 0.6) is 5.75 Å². The highest BCUT2D eigenvalue weighted by molar-refractivity contribution is 5.29. The van der Waals surface area contributed by atoms with Crippen molar-refractivity contribution in [3.05, 3.63) is 29.8 Å². The Morgan fingerprint density at radius 1 is 1.38 bits per heavy atom. The Hall–Kier alpha value is -1.06. The first kappa shape index (κ1) is 11.4. The van der Waals surface area contributed by atoms with Crippen LogP contribution in [0.3, 0.4) is 0 Å². The van der Waals surface area contributed by atoms with Gasteiger partial charge in [0, 0.05) is 18.6 Å². The second-order valence-electron chi connectivity index (χ2n) is 4.29. The molecule has 1 aromatic rings. The third-order valence-corrected chi connectivity index (χ3v) is 2.82. The first-order valence-electron chi connectivity index (χ1n) is 6.01. The lowest BCUT2D eigenvalue weighted by atomic mass is 10.1. The van der Waals surface area contributed by atoms with Gasteiger partial charge in [-0.15, -0.1) is 0 Å². The van der Waals surface area contributed by atoms with Crippen molar-refractivity contribution >= 4 is 0 Å². The minimum atomic E-state index is 0.0799. The van der Waals surface area contributed by atoms with E-state index in [0.29, 0.717) is 12.6 Å². The average Bonchev–Trinajstić information content (AvgIpc) is 3.11. The summed E-state index contributed by atoms with van der Waals surface area (Å²) < 4.78 is 5.39. The number of benzene rings is 1. The molecule has 0 heterocycles. The van der Waals surface area contributed by atoms with E-state index in [2.05, 4.69) is 5.32 Å². The Kier molecular flexibility index (Phi) is 3.80. The molecule has 0 spiro atoms. The fourth-order valence-electron chi connectivity index (χ4n) is 1.68. The molecule has 3 heteroatoms. The van der Waals surface area contributed by atoms with Gasteiger partial charge in [0.15, 0.2) is 0 Å². The smallest absolute Gasteiger partial charge is 0.119 e. The minimum Gasteiger partial charge on any atom is -0.494 e. The summed E-state index contributed by atoms with van der Waals surface area (Å²) in [6.07, 6.45) is 2.60. The molecule has 88 valence electrons. The first-order chi connectivity index (χ1) is 7.79. The minimum absolute atomic E-state index is 0.0799. The zero-order valence-corrected chi connectivity index (χ0v) is 9.78. The van der Waals surface area contributed by atoms with E-state index in [1.165, 1.54) is 12.8 Å². The Bertz CT molecular complexity index is 319. The molecule has 2 rings (SSSR count). The van der Waals surface area contributed by atoms with E-state index in [4.69, 9.17) is 10.5 Å². The van der Waals surface area contributed by atoms with Gasteiger partial charge in [-0.25, -0.2) is 0 Å². The molecule has 0 bridgehead atoms. The highest BCUT2D eigenvalue weighted by Crippen LogP contribution is 2.20. The number of hydrogen-bond acceptors (Lipinski definition) is 3. The van der Waals surface area contributed by atoms with Gasteiger partial charge < -0.3 is 15.8 Å². The Labute approximate surface area is 97.0 Å². The van der Waals surface area contributed by atoms with Crippen molar-refractivity contribution in [2.45, 2.75) is 31.8 Å². The summed E-state index contributed by atoms with van der Waals surface area (Å²) in [7, 11) is 0. The highest BCUT2D eigenvalue weighted by Gasteiger charge is 2.21. The van der Waals surface area contributed by atoms with Crippen LogP contribution < -0.4 is 15.8 Å². The van der Waals surface area contributed by atoms with E-state index in [9.17, 15) is 0 Å². The molecule has 0 amide bonds. The van der Waals surface area contributed by atoms with Crippen LogP contribution in [0.15, 0.2) is 24.3 Å². The van der Waals surface area contributed by atoms with E-state index in [0.717, 1.165) is 17.9 Å². The second kappa shape index (κ2) is 5.32. The third-order valence-electron chi connectivity index (χ3n) is 2.82. The van der Waals surface area contributed by atoms with Crippen LogP contribution in [0.4, 0.5) is 0 Å². The molecule has 0 aromatic heterocycles. The predicted octanol–water partition coefficient (Wildman–Crippen LogP) is 1.84. The van der Waals surface area contributed by atoms with Crippen molar-refractivity contribution in [1.29, 1.82) is 0 Å². The number of hydrogen-bond donors (Lipinski definition) is 2. The van der Waals surface area contributed by atoms with E-state index >= 15 is 0 Å². The quantitative estimate of drug-likeness (QED) is 0.769. The lowest BCUT2D eigenvalue weighted by Gasteiger charge is -2.13. The first-order valence-corrected chi connectivity index (χ1v) is 6.01. The van der Waals surface area contributed by atoms with Crippen molar-refractivity contribution in [1.82, 2.24) is 5.32 Å². The molecule has 1 atom stereocenters. The van der Waals surface area contributed by atoms with Gasteiger partial charge in [0.1, 0.15) is 5.75 Å². The van der Waals surface area contributed by atoms with Gasteiger partial charge in [-0.3, -0.25) is 0 Å². The number of nitrogens with two attached hydrogens (primary N) is 1. The van der Waals surface area contributed by atoms with Gasteiger partial charge in [-0.2, -0.15) is 0 Å². The molecule has 1 aromatic carbocycles. The maximum Gasteiger partial charge on any atom is 0.119 e. The summed E-state index contributed by atoms with van der Waals surface area (Å²) in [5, 5.41) is 3.44. The van der Waals surface area contributed by atoms with Crippen LogP contribution in [0.25, 0.3) is 0 Å². The zero-order valence-electron chi connectivity index (χ0n) is 9.78. The van der Waals surface area contributed by atoms with E-state index in [1.54, 1.807) is 0 Å². The fraction of sp³-hybridized carbons (Fsp3) is 0.538. The summed E-state index contributed by atoms with van der Waals surface area (Å²) in [6.45, 7) is 3.55. The molecule has 3 nitrogen and oxygen atoms in total. The van der Waals surface area contributed by atoms with Crippen LogP contribution in [-0.4, -0.2) is 19.2 Å². The topological polar surface area (TPSA) is 47.3 Å². The normalized spacial score (nSPS) is 17.1. The summed E-state index contributed by atoms with van der Waals surface area (Å²) in [5.74, 6) is 0.911.